The lowest BCUT2D eigenvalue weighted by Gasteiger charge is -2.27. The maximum atomic E-state index is 13.0. The number of hydrogen-bond donors (Lipinski definition) is 0. The number of hydrogen-bond acceptors (Lipinski definition) is 3. The van der Waals surface area contributed by atoms with Gasteiger partial charge in [0, 0.05) is 11.5 Å². The summed E-state index contributed by atoms with van der Waals surface area (Å²) in [6.45, 7) is 0. The molecule has 116 valence electrons. The molecule has 1 aromatic carbocycles. The summed E-state index contributed by atoms with van der Waals surface area (Å²) in [7, 11) is 0. The minimum Gasteiger partial charge on any atom is -0.375 e. The van der Waals surface area contributed by atoms with Crippen molar-refractivity contribution in [2.24, 2.45) is 5.92 Å². The fraction of sp³-hybridized carbons (Fsp3) is 0.500. The second-order valence-electron chi connectivity index (χ2n) is 5.86. The van der Waals surface area contributed by atoms with Crippen molar-refractivity contribution in [3.8, 4) is 6.07 Å². The molecule has 2 aliphatic heterocycles. The lowest BCUT2D eigenvalue weighted by molar-refractivity contribution is -0.137. The summed E-state index contributed by atoms with van der Waals surface area (Å²) in [5, 5.41) is 8.79. The number of Topliss-reactive ketones (excluding diaryl/α,β-unsaturated/α-hetero) is 1. The number of carbonyl (C=O) groups excluding carboxylic acids is 1. The molecule has 2 unspecified atom stereocenters. The first-order valence-electron chi connectivity index (χ1n) is 7.19. The number of rotatable bonds is 2. The summed E-state index contributed by atoms with van der Waals surface area (Å²) in [5.41, 5.74) is -1.48. The van der Waals surface area contributed by atoms with E-state index in [0.717, 1.165) is 25.0 Å². The standard InChI is InChI=1S/C16H14F3NO2/c17-16(18,19)14-7-9(1-2-10(14)8-20)15(21)11-5-12-3-4-13(6-11)22-12/h1-2,7,11-13H,3-6H2. The highest BCUT2D eigenvalue weighted by atomic mass is 19.4. The largest absolute Gasteiger partial charge is 0.417 e. The average Bonchev–Trinajstić information content (AvgIpc) is 2.83. The monoisotopic (exact) mass is 309 g/mol. The second kappa shape index (κ2) is 5.40. The van der Waals surface area contributed by atoms with Gasteiger partial charge in [-0.2, -0.15) is 18.4 Å². The van der Waals surface area contributed by atoms with Gasteiger partial charge in [0.15, 0.2) is 5.78 Å². The van der Waals surface area contributed by atoms with Gasteiger partial charge in [-0.3, -0.25) is 4.79 Å². The maximum absolute atomic E-state index is 13.0. The fourth-order valence-electron chi connectivity index (χ4n) is 3.34. The van der Waals surface area contributed by atoms with Crippen molar-refractivity contribution in [2.75, 3.05) is 0 Å². The van der Waals surface area contributed by atoms with E-state index in [-0.39, 0.29) is 29.5 Å². The molecule has 2 aliphatic rings. The van der Waals surface area contributed by atoms with Crippen LogP contribution in [0.25, 0.3) is 0 Å². The van der Waals surface area contributed by atoms with E-state index in [4.69, 9.17) is 10.00 Å². The van der Waals surface area contributed by atoms with Crippen molar-refractivity contribution in [1.82, 2.24) is 0 Å². The number of benzene rings is 1. The smallest absolute Gasteiger partial charge is 0.375 e. The molecular weight excluding hydrogens is 295 g/mol. The van der Waals surface area contributed by atoms with Crippen LogP contribution in [0.5, 0.6) is 0 Å². The highest BCUT2D eigenvalue weighted by molar-refractivity contribution is 5.98. The highest BCUT2D eigenvalue weighted by Crippen LogP contribution is 2.38. The zero-order chi connectivity index (χ0) is 15.9. The molecule has 2 saturated heterocycles. The Morgan fingerprint density at radius 3 is 2.41 bits per heavy atom. The number of nitrogens with zero attached hydrogens (tertiary/aromatic N) is 1. The third-order valence-electron chi connectivity index (χ3n) is 4.39. The van der Waals surface area contributed by atoms with Crippen molar-refractivity contribution < 1.29 is 22.7 Å². The van der Waals surface area contributed by atoms with Gasteiger partial charge in [0.25, 0.3) is 0 Å². The number of ether oxygens (including phenoxy) is 1. The Bertz CT molecular complexity index is 636. The van der Waals surface area contributed by atoms with Crippen LogP contribution >= 0.6 is 0 Å². The first kappa shape index (κ1) is 15.0. The molecule has 22 heavy (non-hydrogen) atoms. The third-order valence-corrected chi connectivity index (χ3v) is 4.39. The third kappa shape index (κ3) is 2.73. The molecular formula is C16H14F3NO2. The first-order chi connectivity index (χ1) is 10.4. The lowest BCUT2D eigenvalue weighted by Crippen LogP contribution is -2.30. The van der Waals surface area contributed by atoms with Crippen LogP contribution in [0.4, 0.5) is 13.2 Å². The number of carbonyl (C=O) groups is 1. The maximum Gasteiger partial charge on any atom is 0.417 e. The number of halogens is 3. The number of nitriles is 1. The van der Waals surface area contributed by atoms with Crippen LogP contribution in [0.3, 0.4) is 0 Å². The van der Waals surface area contributed by atoms with E-state index < -0.39 is 17.3 Å². The topological polar surface area (TPSA) is 50.1 Å². The Morgan fingerprint density at radius 1 is 1.23 bits per heavy atom. The van der Waals surface area contributed by atoms with E-state index in [1.54, 1.807) is 0 Å². The molecule has 0 N–H and O–H groups in total. The van der Waals surface area contributed by atoms with Gasteiger partial charge >= 0.3 is 6.18 Å². The normalized spacial score (nSPS) is 27.5. The summed E-state index contributed by atoms with van der Waals surface area (Å²) in [5.74, 6) is -0.574. The molecule has 0 saturated carbocycles. The molecule has 0 amide bonds. The summed E-state index contributed by atoms with van der Waals surface area (Å²) in [4.78, 5) is 12.5. The molecule has 0 spiro atoms. The van der Waals surface area contributed by atoms with Crippen LogP contribution in [0.15, 0.2) is 18.2 Å². The van der Waals surface area contributed by atoms with Gasteiger partial charge in [-0.1, -0.05) is 6.07 Å². The highest BCUT2D eigenvalue weighted by Gasteiger charge is 2.39. The van der Waals surface area contributed by atoms with Crippen LogP contribution in [0.1, 0.15) is 47.2 Å². The molecule has 0 aromatic heterocycles. The minimum atomic E-state index is -4.64. The summed E-state index contributed by atoms with van der Waals surface area (Å²) >= 11 is 0. The van der Waals surface area contributed by atoms with Gasteiger partial charge in [-0.05, 0) is 37.8 Å². The molecule has 6 heteroatoms. The molecule has 0 aliphatic carbocycles. The van der Waals surface area contributed by atoms with Crippen LogP contribution in [-0.2, 0) is 10.9 Å². The summed E-state index contributed by atoms with van der Waals surface area (Å²) in [6.07, 6.45) is -1.59. The molecule has 2 heterocycles. The van der Waals surface area contributed by atoms with Crippen LogP contribution < -0.4 is 0 Å². The molecule has 1 aromatic rings. The zero-order valence-electron chi connectivity index (χ0n) is 11.7. The van der Waals surface area contributed by atoms with E-state index in [9.17, 15) is 18.0 Å². The van der Waals surface area contributed by atoms with Crippen LogP contribution in [0.2, 0.25) is 0 Å². The Kier molecular flexibility index (Phi) is 3.69. The number of ketones is 1. The van der Waals surface area contributed by atoms with E-state index in [2.05, 4.69) is 0 Å². The molecule has 0 radical (unpaired) electrons. The van der Waals surface area contributed by atoms with Gasteiger partial charge in [-0.25, -0.2) is 0 Å². The van der Waals surface area contributed by atoms with E-state index in [0.29, 0.717) is 12.8 Å². The minimum absolute atomic E-state index is 0.0256. The molecule has 2 bridgehead atoms. The second-order valence-corrected chi connectivity index (χ2v) is 5.86. The summed E-state index contributed by atoms with van der Waals surface area (Å²) < 4.78 is 44.6. The lowest BCUT2D eigenvalue weighted by atomic mass is 9.87. The van der Waals surface area contributed by atoms with Crippen molar-refractivity contribution in [3.05, 3.63) is 34.9 Å². The predicted octanol–water partition coefficient (Wildman–Crippen LogP) is 3.72. The van der Waals surface area contributed by atoms with Gasteiger partial charge in [-0.15, -0.1) is 0 Å². The van der Waals surface area contributed by atoms with Crippen molar-refractivity contribution >= 4 is 5.78 Å². The SMILES string of the molecule is N#Cc1ccc(C(=O)C2CC3CCC(C2)O3)cc1C(F)(F)F. The van der Waals surface area contributed by atoms with Gasteiger partial charge < -0.3 is 4.74 Å². The molecule has 2 atom stereocenters. The predicted molar refractivity (Wildman–Crippen MR) is 71.1 cm³/mol. The summed E-state index contributed by atoms with van der Waals surface area (Å²) in [6, 6.07) is 4.71. The Labute approximate surface area is 125 Å². The van der Waals surface area contributed by atoms with Gasteiger partial charge in [0.05, 0.1) is 29.4 Å². The van der Waals surface area contributed by atoms with Crippen molar-refractivity contribution in [2.45, 2.75) is 44.1 Å². The van der Waals surface area contributed by atoms with E-state index in [1.165, 1.54) is 12.1 Å². The fourth-order valence-corrected chi connectivity index (χ4v) is 3.34. The molecule has 3 nitrogen and oxygen atoms in total. The van der Waals surface area contributed by atoms with Gasteiger partial charge in [0.2, 0.25) is 0 Å². The van der Waals surface area contributed by atoms with Crippen LogP contribution in [-0.4, -0.2) is 18.0 Å². The molecule has 2 fully saturated rings. The Morgan fingerprint density at radius 2 is 1.86 bits per heavy atom. The zero-order valence-corrected chi connectivity index (χ0v) is 11.7. The average molecular weight is 309 g/mol. The Balaban J connectivity index is 1.89. The quantitative estimate of drug-likeness (QED) is 0.782. The van der Waals surface area contributed by atoms with Crippen molar-refractivity contribution in [1.29, 1.82) is 5.26 Å². The van der Waals surface area contributed by atoms with Crippen LogP contribution in [0, 0.1) is 17.2 Å². The molecule has 3 rings (SSSR count). The van der Waals surface area contributed by atoms with Gasteiger partial charge in [0.1, 0.15) is 0 Å². The first-order valence-corrected chi connectivity index (χ1v) is 7.19. The van der Waals surface area contributed by atoms with E-state index >= 15 is 0 Å². The number of fused-ring (bicyclic) bond motifs is 2. The number of alkyl halides is 3. The van der Waals surface area contributed by atoms with E-state index in [1.807, 2.05) is 0 Å². The Hall–Kier alpha value is -1.87. The van der Waals surface area contributed by atoms with Crippen molar-refractivity contribution in [3.63, 3.8) is 0 Å².